The quantitative estimate of drug-likeness (QED) is 0.236. The van der Waals surface area contributed by atoms with Gasteiger partial charge in [-0.05, 0) is 54.8 Å². The number of aliphatic hydroxyl groups excluding tert-OH is 1. The molecule has 0 radical (unpaired) electrons. The highest BCUT2D eigenvalue weighted by Gasteiger charge is 2.38. The fourth-order valence-corrected chi connectivity index (χ4v) is 5.88. The fourth-order valence-electron chi connectivity index (χ4n) is 5.76. The number of halogens is 1. The molecule has 0 spiro atoms. The molecule has 0 bridgehead atoms. The van der Waals surface area contributed by atoms with E-state index in [9.17, 15) is 4.79 Å². The third-order valence-electron chi connectivity index (χ3n) is 7.90. The lowest BCUT2D eigenvalue weighted by Crippen LogP contribution is -2.43. The van der Waals surface area contributed by atoms with Gasteiger partial charge in [-0.1, -0.05) is 84.4 Å². The molecule has 1 amide bonds. The Morgan fingerprint density at radius 1 is 0.902 bits per heavy atom. The normalized spacial score (nSPS) is 15.1. The van der Waals surface area contributed by atoms with Gasteiger partial charge in [-0.3, -0.25) is 9.69 Å². The average Bonchev–Trinajstić information content (AvgIpc) is 3.41. The maximum atomic E-state index is 13.4. The van der Waals surface area contributed by atoms with Gasteiger partial charge in [-0.15, -0.1) is 0 Å². The zero-order valence-electron chi connectivity index (χ0n) is 23.2. The van der Waals surface area contributed by atoms with Crippen molar-refractivity contribution in [2.45, 2.75) is 31.3 Å². The molecule has 214 valence electrons. The number of ether oxygens (including phenoxy) is 1. The second kappa shape index (κ2) is 13.9. The fraction of sp³-hybridized carbons (Fsp3) is 0.333. The highest BCUT2D eigenvalue weighted by atomic mass is 35.5. The summed E-state index contributed by atoms with van der Waals surface area (Å²) in [5.41, 5.74) is 5.02. The first-order valence-electron chi connectivity index (χ1n) is 14.2. The number of hydrogen-bond acceptors (Lipinski definition) is 5. The van der Waals surface area contributed by atoms with E-state index in [0.717, 1.165) is 37.2 Å². The highest BCUT2D eigenvalue weighted by Crippen LogP contribution is 2.42. The molecule has 0 unspecified atom stereocenters. The number of imidazole rings is 1. The minimum atomic E-state index is -0.181. The summed E-state index contributed by atoms with van der Waals surface area (Å²) in [5, 5.41) is 12.6. The molecule has 7 nitrogen and oxygen atoms in total. The number of nitrogens with one attached hydrogen (secondary N) is 1. The number of nitrogens with zero attached hydrogens (tertiary/aromatic N) is 3. The first kappa shape index (κ1) is 29.0. The molecule has 2 N–H and O–H groups in total. The first-order chi connectivity index (χ1) is 20.1. The number of aliphatic hydroxyl groups is 1. The molecule has 1 saturated heterocycles. The van der Waals surface area contributed by atoms with Crippen LogP contribution >= 0.6 is 11.6 Å². The van der Waals surface area contributed by atoms with Crippen LogP contribution in [-0.2, 0) is 23.2 Å². The number of amides is 1. The lowest BCUT2D eigenvalue weighted by Gasteiger charge is -2.43. The summed E-state index contributed by atoms with van der Waals surface area (Å²) < 4.78 is 7.23. The third kappa shape index (κ3) is 7.05. The van der Waals surface area contributed by atoms with Crippen molar-refractivity contribution in [1.82, 2.24) is 19.8 Å². The number of carbonyl (C=O) groups excluding carboxylic acids is 1. The molecule has 0 aliphatic carbocycles. The van der Waals surface area contributed by atoms with E-state index in [0.29, 0.717) is 37.0 Å². The second-order valence-corrected chi connectivity index (χ2v) is 10.9. The van der Waals surface area contributed by atoms with Crippen molar-refractivity contribution in [3.63, 3.8) is 0 Å². The van der Waals surface area contributed by atoms with Gasteiger partial charge in [0.15, 0.2) is 0 Å². The standard InChI is InChI=1S/C33H37ClN4O3/c34-29-13-11-26(12-14-29)23-38-25-36-30(31(38)32(40)35-17-21-41-22-20-39)24-37-18-15-33(16-19-37,27-7-3-1-4-8-27)28-9-5-2-6-10-28/h1-14,25,39H,15-24H2,(H,35,40). The molecular weight excluding hydrogens is 536 g/mol. The van der Waals surface area contributed by atoms with Crippen LogP contribution in [0.25, 0.3) is 0 Å². The van der Waals surface area contributed by atoms with Gasteiger partial charge in [-0.25, -0.2) is 4.98 Å². The topological polar surface area (TPSA) is 79.6 Å². The van der Waals surface area contributed by atoms with Gasteiger partial charge in [0.1, 0.15) is 5.69 Å². The average molecular weight is 573 g/mol. The first-order valence-corrected chi connectivity index (χ1v) is 14.6. The summed E-state index contributed by atoms with van der Waals surface area (Å²) in [6, 6.07) is 29.2. The van der Waals surface area contributed by atoms with Crippen molar-refractivity contribution in [3.8, 4) is 0 Å². The van der Waals surface area contributed by atoms with Crippen LogP contribution in [0.5, 0.6) is 0 Å². The van der Waals surface area contributed by atoms with Crippen molar-refractivity contribution >= 4 is 17.5 Å². The van der Waals surface area contributed by atoms with Crippen molar-refractivity contribution in [2.75, 3.05) is 39.5 Å². The van der Waals surface area contributed by atoms with Gasteiger partial charge in [0, 0.05) is 30.1 Å². The van der Waals surface area contributed by atoms with E-state index >= 15 is 0 Å². The van der Waals surface area contributed by atoms with E-state index in [4.69, 9.17) is 26.4 Å². The number of piperidine rings is 1. The van der Waals surface area contributed by atoms with E-state index < -0.39 is 0 Å². The monoisotopic (exact) mass is 572 g/mol. The summed E-state index contributed by atoms with van der Waals surface area (Å²) in [6.07, 6.45) is 3.72. The third-order valence-corrected chi connectivity index (χ3v) is 8.15. The second-order valence-electron chi connectivity index (χ2n) is 10.5. The lowest BCUT2D eigenvalue weighted by molar-refractivity contribution is 0.0831. The summed E-state index contributed by atoms with van der Waals surface area (Å²) >= 11 is 6.08. The largest absolute Gasteiger partial charge is 0.394 e. The smallest absolute Gasteiger partial charge is 0.270 e. The van der Waals surface area contributed by atoms with E-state index in [1.54, 1.807) is 6.33 Å². The Labute approximate surface area is 246 Å². The van der Waals surface area contributed by atoms with Crippen LogP contribution in [0.4, 0.5) is 0 Å². The highest BCUT2D eigenvalue weighted by molar-refractivity contribution is 6.30. The Morgan fingerprint density at radius 3 is 2.15 bits per heavy atom. The Hall–Kier alpha value is -3.49. The number of aromatic nitrogens is 2. The molecule has 41 heavy (non-hydrogen) atoms. The zero-order valence-corrected chi connectivity index (χ0v) is 24.0. The lowest BCUT2D eigenvalue weighted by atomic mass is 9.68. The number of rotatable bonds is 12. The number of carbonyl (C=O) groups is 1. The molecular formula is C33H37ClN4O3. The van der Waals surface area contributed by atoms with Crippen LogP contribution < -0.4 is 5.32 Å². The minimum Gasteiger partial charge on any atom is -0.394 e. The molecule has 1 aromatic heterocycles. The number of likely N-dealkylation sites (tertiary alicyclic amines) is 1. The summed E-state index contributed by atoms with van der Waals surface area (Å²) in [6.45, 7) is 3.78. The van der Waals surface area contributed by atoms with Crippen LogP contribution in [0.1, 0.15) is 45.7 Å². The van der Waals surface area contributed by atoms with E-state index in [1.165, 1.54) is 11.1 Å². The van der Waals surface area contributed by atoms with Crippen molar-refractivity contribution < 1.29 is 14.6 Å². The van der Waals surface area contributed by atoms with E-state index in [-0.39, 0.29) is 24.5 Å². The van der Waals surface area contributed by atoms with Gasteiger partial charge in [0.05, 0.1) is 31.8 Å². The van der Waals surface area contributed by atoms with Crippen molar-refractivity contribution in [2.24, 2.45) is 0 Å². The molecule has 8 heteroatoms. The maximum Gasteiger partial charge on any atom is 0.270 e. The number of hydrogen-bond donors (Lipinski definition) is 2. The van der Waals surface area contributed by atoms with Gasteiger partial charge in [-0.2, -0.15) is 0 Å². The van der Waals surface area contributed by atoms with E-state index in [1.807, 2.05) is 28.8 Å². The van der Waals surface area contributed by atoms with Gasteiger partial charge >= 0.3 is 0 Å². The van der Waals surface area contributed by atoms with Gasteiger partial charge < -0.3 is 19.7 Å². The summed E-state index contributed by atoms with van der Waals surface area (Å²) in [5.74, 6) is -0.181. The molecule has 3 aromatic carbocycles. The van der Waals surface area contributed by atoms with Crippen LogP contribution in [0.15, 0.2) is 91.3 Å². The molecule has 1 aliphatic heterocycles. The Kier molecular flexibility index (Phi) is 9.85. The summed E-state index contributed by atoms with van der Waals surface area (Å²) in [7, 11) is 0. The van der Waals surface area contributed by atoms with Crippen LogP contribution in [-0.4, -0.2) is 64.9 Å². The molecule has 5 rings (SSSR count). The Balaban J connectivity index is 1.34. The molecule has 4 aromatic rings. The molecule has 1 fully saturated rings. The van der Waals surface area contributed by atoms with Crippen molar-refractivity contribution in [1.29, 1.82) is 0 Å². The molecule has 0 saturated carbocycles. The number of benzene rings is 3. The van der Waals surface area contributed by atoms with E-state index in [2.05, 4.69) is 70.9 Å². The minimum absolute atomic E-state index is 0.0399. The van der Waals surface area contributed by atoms with Crippen LogP contribution in [0, 0.1) is 0 Å². The maximum absolute atomic E-state index is 13.4. The SMILES string of the molecule is O=C(NCCOCCO)c1c(CN2CCC(c3ccccc3)(c3ccccc3)CC2)ncn1Cc1ccc(Cl)cc1. The molecule has 2 heterocycles. The predicted molar refractivity (Wildman–Crippen MR) is 161 cm³/mol. The van der Waals surface area contributed by atoms with Gasteiger partial charge in [0.25, 0.3) is 5.91 Å². The van der Waals surface area contributed by atoms with Gasteiger partial charge in [0.2, 0.25) is 0 Å². The van der Waals surface area contributed by atoms with Crippen LogP contribution in [0.3, 0.4) is 0 Å². The molecule has 1 aliphatic rings. The Morgan fingerprint density at radius 2 is 1.54 bits per heavy atom. The predicted octanol–water partition coefficient (Wildman–Crippen LogP) is 4.91. The Bertz CT molecular complexity index is 1340. The zero-order chi connectivity index (χ0) is 28.5. The van der Waals surface area contributed by atoms with Crippen molar-refractivity contribution in [3.05, 3.63) is 124 Å². The van der Waals surface area contributed by atoms with Crippen LogP contribution in [0.2, 0.25) is 5.02 Å². The molecule has 0 atom stereocenters. The summed E-state index contributed by atoms with van der Waals surface area (Å²) in [4.78, 5) is 20.6.